The van der Waals surface area contributed by atoms with Crippen LogP contribution in [0.4, 0.5) is 4.39 Å². The average Bonchev–Trinajstić information content (AvgIpc) is 3.51. The summed E-state index contributed by atoms with van der Waals surface area (Å²) in [4.78, 5) is 5.06. The van der Waals surface area contributed by atoms with Crippen LogP contribution < -0.4 is 4.74 Å². The molecule has 1 spiro atoms. The highest BCUT2D eigenvalue weighted by atomic mass is 19.1. The minimum absolute atomic E-state index is 0.270. The van der Waals surface area contributed by atoms with Gasteiger partial charge in [0.1, 0.15) is 0 Å². The van der Waals surface area contributed by atoms with E-state index in [-0.39, 0.29) is 12.4 Å². The van der Waals surface area contributed by atoms with Gasteiger partial charge in [-0.1, -0.05) is 6.07 Å². The molecule has 1 N–H and O–H groups in total. The third kappa shape index (κ3) is 4.30. The molecule has 27 heavy (non-hydrogen) atoms. The zero-order valence-corrected chi connectivity index (χ0v) is 16.5. The van der Waals surface area contributed by atoms with Crippen LogP contribution in [0.25, 0.3) is 0 Å². The van der Waals surface area contributed by atoms with Gasteiger partial charge in [0.2, 0.25) is 0 Å². The van der Waals surface area contributed by atoms with Gasteiger partial charge in [-0.15, -0.1) is 0 Å². The molecule has 0 bridgehead atoms. The summed E-state index contributed by atoms with van der Waals surface area (Å²) in [6.07, 6.45) is 6.45. The molecule has 1 saturated carbocycles. The van der Waals surface area contributed by atoms with E-state index in [9.17, 15) is 9.50 Å². The molecule has 2 aliphatic heterocycles. The Kier molecular flexibility index (Phi) is 5.72. The smallest absolute Gasteiger partial charge is 0.165 e. The monoisotopic (exact) mass is 376 g/mol. The van der Waals surface area contributed by atoms with E-state index in [1.165, 1.54) is 58.5 Å². The summed E-state index contributed by atoms with van der Waals surface area (Å²) in [7, 11) is 1.50. The van der Waals surface area contributed by atoms with Crippen LogP contribution in [0.2, 0.25) is 0 Å². The molecular weight excluding hydrogens is 343 g/mol. The Balaban J connectivity index is 1.35. The maximum atomic E-state index is 13.6. The molecule has 2 saturated heterocycles. The number of ether oxygens (including phenoxy) is 1. The van der Waals surface area contributed by atoms with Gasteiger partial charge >= 0.3 is 0 Å². The molecule has 4 rings (SSSR count). The Morgan fingerprint density at radius 1 is 1.15 bits per heavy atom. The predicted octanol–water partition coefficient (Wildman–Crippen LogP) is 3.14. The zero-order chi connectivity index (χ0) is 18.9. The van der Waals surface area contributed by atoms with Crippen LogP contribution in [0.5, 0.6) is 5.75 Å². The molecule has 0 radical (unpaired) electrons. The van der Waals surface area contributed by atoms with Crippen molar-refractivity contribution in [3.63, 3.8) is 0 Å². The maximum absolute atomic E-state index is 13.6. The molecule has 1 unspecified atom stereocenters. The Bertz CT molecular complexity index is 641. The van der Waals surface area contributed by atoms with Gasteiger partial charge in [0.25, 0.3) is 0 Å². The molecule has 0 amide bonds. The predicted molar refractivity (Wildman–Crippen MR) is 104 cm³/mol. The molecule has 3 fully saturated rings. The highest BCUT2D eigenvalue weighted by molar-refractivity contribution is 5.30. The first-order valence-corrected chi connectivity index (χ1v) is 10.5. The van der Waals surface area contributed by atoms with E-state index in [4.69, 9.17) is 4.74 Å². The molecule has 3 aliphatic rings. The summed E-state index contributed by atoms with van der Waals surface area (Å²) in [6, 6.07) is 5.12. The Labute approximate surface area is 162 Å². The fourth-order valence-corrected chi connectivity index (χ4v) is 5.14. The van der Waals surface area contributed by atoms with Crippen molar-refractivity contribution >= 4 is 0 Å². The highest BCUT2D eigenvalue weighted by Crippen LogP contribution is 2.46. The number of halogens is 1. The van der Waals surface area contributed by atoms with E-state index in [0.29, 0.717) is 17.1 Å². The topological polar surface area (TPSA) is 35.9 Å². The van der Waals surface area contributed by atoms with Crippen molar-refractivity contribution in [2.75, 3.05) is 46.4 Å². The molecule has 150 valence electrons. The number of piperidine rings is 2. The SMILES string of the molecule is COc1cc(CN2CCC3(CCN(CC4CC4)CC3)C(CO)C2)ccc1F. The Hall–Kier alpha value is -1.17. The van der Waals surface area contributed by atoms with Gasteiger partial charge in [0.05, 0.1) is 7.11 Å². The van der Waals surface area contributed by atoms with E-state index in [2.05, 4.69) is 9.80 Å². The van der Waals surface area contributed by atoms with Crippen LogP contribution in [-0.2, 0) is 6.54 Å². The minimum atomic E-state index is -0.315. The second kappa shape index (κ2) is 8.06. The number of aliphatic hydroxyl groups excluding tert-OH is 1. The minimum Gasteiger partial charge on any atom is -0.494 e. The standard InChI is InChI=1S/C22H33FN2O2/c1-27-21-12-18(4-5-20(21)23)14-25-11-8-22(19(15-25)16-26)6-9-24(10-7-22)13-17-2-3-17/h4-5,12,17,19,26H,2-3,6-11,13-16H2,1H3. The summed E-state index contributed by atoms with van der Waals surface area (Å²) in [5.74, 6) is 1.30. The number of aliphatic hydroxyl groups is 1. The van der Waals surface area contributed by atoms with Crippen molar-refractivity contribution < 1.29 is 14.2 Å². The quantitative estimate of drug-likeness (QED) is 0.827. The summed E-state index contributed by atoms with van der Waals surface area (Å²) in [6.45, 7) is 6.73. The van der Waals surface area contributed by atoms with Gasteiger partial charge in [-0.05, 0) is 80.8 Å². The number of nitrogens with zero attached hydrogens (tertiary/aromatic N) is 2. The van der Waals surface area contributed by atoms with Gasteiger partial charge < -0.3 is 14.7 Å². The highest BCUT2D eigenvalue weighted by Gasteiger charge is 2.44. The second-order valence-electron chi connectivity index (χ2n) is 8.94. The lowest BCUT2D eigenvalue weighted by Gasteiger charge is -2.51. The molecule has 1 aromatic rings. The van der Waals surface area contributed by atoms with Crippen LogP contribution >= 0.6 is 0 Å². The average molecular weight is 377 g/mol. The van der Waals surface area contributed by atoms with E-state index in [0.717, 1.165) is 37.5 Å². The first-order valence-electron chi connectivity index (χ1n) is 10.5. The zero-order valence-electron chi connectivity index (χ0n) is 16.5. The largest absolute Gasteiger partial charge is 0.494 e. The molecule has 0 aromatic heterocycles. The van der Waals surface area contributed by atoms with Crippen molar-refractivity contribution in [3.8, 4) is 5.75 Å². The fourth-order valence-electron chi connectivity index (χ4n) is 5.14. The van der Waals surface area contributed by atoms with Gasteiger partial charge in [0, 0.05) is 32.2 Å². The van der Waals surface area contributed by atoms with E-state index < -0.39 is 0 Å². The van der Waals surface area contributed by atoms with Crippen molar-refractivity contribution in [2.24, 2.45) is 17.3 Å². The number of rotatable bonds is 6. The molecule has 4 nitrogen and oxygen atoms in total. The molecule has 5 heteroatoms. The first-order chi connectivity index (χ1) is 13.1. The number of likely N-dealkylation sites (tertiary alicyclic amines) is 2. The first kappa shape index (κ1) is 19.2. The van der Waals surface area contributed by atoms with Crippen molar-refractivity contribution in [3.05, 3.63) is 29.6 Å². The third-order valence-corrected chi connectivity index (χ3v) is 7.18. The van der Waals surface area contributed by atoms with Gasteiger partial charge in [-0.2, -0.15) is 0 Å². The van der Waals surface area contributed by atoms with Crippen LogP contribution in [-0.4, -0.2) is 61.3 Å². The summed E-state index contributed by atoms with van der Waals surface area (Å²) in [5.41, 5.74) is 1.38. The van der Waals surface area contributed by atoms with E-state index in [1.807, 2.05) is 6.07 Å². The van der Waals surface area contributed by atoms with Crippen molar-refractivity contribution in [1.29, 1.82) is 0 Å². The molecule has 1 aliphatic carbocycles. The Morgan fingerprint density at radius 2 is 1.85 bits per heavy atom. The molecular formula is C22H33FN2O2. The van der Waals surface area contributed by atoms with Crippen LogP contribution in [0, 0.1) is 23.1 Å². The summed E-state index contributed by atoms with van der Waals surface area (Å²) >= 11 is 0. The normalized spacial score (nSPS) is 26.4. The number of hydrogen-bond acceptors (Lipinski definition) is 4. The van der Waals surface area contributed by atoms with Gasteiger partial charge in [-0.25, -0.2) is 4.39 Å². The number of methoxy groups -OCH3 is 1. The lowest BCUT2D eigenvalue weighted by molar-refractivity contribution is -0.0442. The number of benzene rings is 1. The van der Waals surface area contributed by atoms with Crippen molar-refractivity contribution in [2.45, 2.75) is 38.6 Å². The van der Waals surface area contributed by atoms with Gasteiger partial charge in [0.15, 0.2) is 11.6 Å². The molecule has 1 aromatic carbocycles. The van der Waals surface area contributed by atoms with E-state index >= 15 is 0 Å². The molecule has 1 atom stereocenters. The van der Waals surface area contributed by atoms with Gasteiger partial charge in [-0.3, -0.25) is 4.90 Å². The summed E-state index contributed by atoms with van der Waals surface area (Å²) < 4.78 is 18.8. The third-order valence-electron chi connectivity index (χ3n) is 7.18. The van der Waals surface area contributed by atoms with Crippen LogP contribution in [0.15, 0.2) is 18.2 Å². The van der Waals surface area contributed by atoms with Crippen molar-refractivity contribution in [1.82, 2.24) is 9.80 Å². The van der Waals surface area contributed by atoms with E-state index in [1.54, 1.807) is 6.07 Å². The summed E-state index contributed by atoms with van der Waals surface area (Å²) in [5, 5.41) is 10.1. The second-order valence-corrected chi connectivity index (χ2v) is 8.94. The maximum Gasteiger partial charge on any atom is 0.165 e. The van der Waals surface area contributed by atoms with Crippen LogP contribution in [0.1, 0.15) is 37.7 Å². The van der Waals surface area contributed by atoms with Crippen LogP contribution in [0.3, 0.4) is 0 Å². The lowest BCUT2D eigenvalue weighted by atomic mass is 9.64. The lowest BCUT2D eigenvalue weighted by Crippen LogP contribution is -2.53. The fraction of sp³-hybridized carbons (Fsp3) is 0.727. The number of hydrogen-bond donors (Lipinski definition) is 1. The Morgan fingerprint density at radius 3 is 2.48 bits per heavy atom. The molecule has 2 heterocycles.